The molecule has 3 N–H and O–H groups in total. The topological polar surface area (TPSA) is 55.1 Å². The van der Waals surface area contributed by atoms with Crippen LogP contribution >= 0.6 is 27.3 Å². The Morgan fingerprint density at radius 2 is 2.24 bits per heavy atom. The molecule has 0 aliphatic heterocycles. The lowest BCUT2D eigenvalue weighted by molar-refractivity contribution is 0.0951. The molecule has 0 saturated heterocycles. The number of halogens is 1. The van der Waals surface area contributed by atoms with Gasteiger partial charge in [-0.3, -0.25) is 4.79 Å². The number of nitrogens with two attached hydrogens (primary N) is 1. The van der Waals surface area contributed by atoms with Gasteiger partial charge in [0.1, 0.15) is 0 Å². The lowest BCUT2D eigenvalue weighted by Gasteiger charge is -2.05. The predicted octanol–water partition coefficient (Wildman–Crippen LogP) is 3.02. The van der Waals surface area contributed by atoms with E-state index in [0.717, 1.165) is 10.0 Å². The van der Waals surface area contributed by atoms with Crippen LogP contribution in [0.15, 0.2) is 39.5 Å². The summed E-state index contributed by atoms with van der Waals surface area (Å²) in [5.41, 5.74) is 7.91. The Morgan fingerprint density at radius 3 is 2.88 bits per heavy atom. The first-order valence-electron chi connectivity index (χ1n) is 5.00. The van der Waals surface area contributed by atoms with Crippen LogP contribution in [0.2, 0.25) is 0 Å². The number of thiophene rings is 1. The van der Waals surface area contributed by atoms with Crippen molar-refractivity contribution in [1.82, 2.24) is 5.32 Å². The monoisotopic (exact) mass is 310 g/mol. The number of carbonyl (C=O) groups excluding carboxylic acids is 1. The number of anilines is 1. The highest BCUT2D eigenvalue weighted by Gasteiger charge is 2.07. The molecule has 0 saturated carbocycles. The molecule has 5 heteroatoms. The number of hydrogen-bond donors (Lipinski definition) is 2. The van der Waals surface area contributed by atoms with Gasteiger partial charge < -0.3 is 11.1 Å². The Balaban J connectivity index is 2.04. The minimum Gasteiger partial charge on any atom is -0.399 e. The molecule has 1 amide bonds. The molecule has 0 fully saturated rings. The quantitative estimate of drug-likeness (QED) is 0.856. The van der Waals surface area contributed by atoms with E-state index in [-0.39, 0.29) is 5.91 Å². The highest BCUT2D eigenvalue weighted by molar-refractivity contribution is 9.10. The van der Waals surface area contributed by atoms with Crippen LogP contribution in [0.4, 0.5) is 5.69 Å². The van der Waals surface area contributed by atoms with Crippen molar-refractivity contribution in [3.63, 3.8) is 0 Å². The van der Waals surface area contributed by atoms with E-state index in [2.05, 4.69) is 21.2 Å². The maximum absolute atomic E-state index is 11.9. The lowest BCUT2D eigenvalue weighted by Crippen LogP contribution is -2.22. The summed E-state index contributed by atoms with van der Waals surface area (Å²) in [4.78, 5) is 11.9. The molecule has 1 aromatic carbocycles. The first-order chi connectivity index (χ1) is 8.15. The SMILES string of the molecule is Nc1cc(Br)cc(C(=O)NCc2ccsc2)c1. The van der Waals surface area contributed by atoms with Crippen molar-refractivity contribution in [2.45, 2.75) is 6.54 Å². The summed E-state index contributed by atoms with van der Waals surface area (Å²) in [5.74, 6) is -0.121. The second-order valence-corrected chi connectivity index (χ2v) is 5.28. The first kappa shape index (κ1) is 12.1. The molecular formula is C12H11BrN2OS. The summed E-state index contributed by atoms with van der Waals surface area (Å²) in [6, 6.07) is 7.16. The molecule has 0 unspecified atom stereocenters. The zero-order valence-corrected chi connectivity index (χ0v) is 11.3. The van der Waals surface area contributed by atoms with Gasteiger partial charge in [0.2, 0.25) is 0 Å². The number of hydrogen-bond acceptors (Lipinski definition) is 3. The van der Waals surface area contributed by atoms with E-state index in [9.17, 15) is 4.79 Å². The second-order valence-electron chi connectivity index (χ2n) is 3.59. The lowest BCUT2D eigenvalue weighted by atomic mass is 10.2. The van der Waals surface area contributed by atoms with Gasteiger partial charge in [0.15, 0.2) is 0 Å². The third kappa shape index (κ3) is 3.31. The van der Waals surface area contributed by atoms with Crippen molar-refractivity contribution in [2.75, 3.05) is 5.73 Å². The summed E-state index contributed by atoms with van der Waals surface area (Å²) in [7, 11) is 0. The second kappa shape index (κ2) is 5.33. The number of nitrogens with one attached hydrogen (secondary N) is 1. The fraction of sp³-hybridized carbons (Fsp3) is 0.0833. The largest absolute Gasteiger partial charge is 0.399 e. The Labute approximate surface area is 112 Å². The van der Waals surface area contributed by atoms with E-state index in [0.29, 0.717) is 17.8 Å². The van der Waals surface area contributed by atoms with E-state index in [1.807, 2.05) is 16.8 Å². The van der Waals surface area contributed by atoms with Crippen molar-refractivity contribution in [3.8, 4) is 0 Å². The standard InChI is InChI=1S/C12H11BrN2OS/c13-10-3-9(4-11(14)5-10)12(16)15-6-8-1-2-17-7-8/h1-5,7H,6,14H2,(H,15,16). The Hall–Kier alpha value is -1.33. The molecule has 0 aliphatic carbocycles. The average Bonchev–Trinajstić information content (AvgIpc) is 2.77. The van der Waals surface area contributed by atoms with E-state index in [1.165, 1.54) is 0 Å². The molecule has 0 bridgehead atoms. The predicted molar refractivity (Wildman–Crippen MR) is 74.0 cm³/mol. The fourth-order valence-electron chi connectivity index (χ4n) is 1.42. The number of carbonyl (C=O) groups is 1. The van der Waals surface area contributed by atoms with Crippen molar-refractivity contribution >= 4 is 38.9 Å². The van der Waals surface area contributed by atoms with E-state index >= 15 is 0 Å². The molecule has 17 heavy (non-hydrogen) atoms. The van der Waals surface area contributed by atoms with Crippen LogP contribution in [0.25, 0.3) is 0 Å². The van der Waals surface area contributed by atoms with E-state index in [4.69, 9.17) is 5.73 Å². The minimum absolute atomic E-state index is 0.121. The molecule has 88 valence electrons. The van der Waals surface area contributed by atoms with Gasteiger partial charge in [-0.25, -0.2) is 0 Å². The van der Waals surface area contributed by atoms with Gasteiger partial charge in [0.05, 0.1) is 0 Å². The molecule has 2 aromatic rings. The molecular weight excluding hydrogens is 300 g/mol. The molecule has 0 aliphatic rings. The van der Waals surface area contributed by atoms with Gasteiger partial charge in [-0.05, 0) is 40.6 Å². The van der Waals surface area contributed by atoms with E-state index < -0.39 is 0 Å². The van der Waals surface area contributed by atoms with Crippen LogP contribution in [-0.4, -0.2) is 5.91 Å². The van der Waals surface area contributed by atoms with Crippen LogP contribution in [0, 0.1) is 0 Å². The Morgan fingerprint density at radius 1 is 1.41 bits per heavy atom. The molecule has 2 rings (SSSR count). The number of rotatable bonds is 3. The number of amides is 1. The highest BCUT2D eigenvalue weighted by Crippen LogP contribution is 2.17. The van der Waals surface area contributed by atoms with Crippen LogP contribution in [-0.2, 0) is 6.54 Å². The summed E-state index contributed by atoms with van der Waals surface area (Å²) in [5, 5.41) is 6.84. The maximum atomic E-state index is 11.9. The van der Waals surface area contributed by atoms with Crippen LogP contribution in [0.3, 0.4) is 0 Å². The van der Waals surface area contributed by atoms with Crippen molar-refractivity contribution in [3.05, 3.63) is 50.6 Å². The average molecular weight is 311 g/mol. The third-order valence-corrected chi connectivity index (χ3v) is 3.41. The van der Waals surface area contributed by atoms with Crippen molar-refractivity contribution < 1.29 is 4.79 Å². The summed E-state index contributed by atoms with van der Waals surface area (Å²) in [6.45, 7) is 0.536. The van der Waals surface area contributed by atoms with Crippen LogP contribution in [0.5, 0.6) is 0 Å². The minimum atomic E-state index is -0.121. The van der Waals surface area contributed by atoms with Crippen molar-refractivity contribution in [1.29, 1.82) is 0 Å². The Bertz CT molecular complexity index is 505. The normalized spacial score (nSPS) is 10.2. The summed E-state index contributed by atoms with van der Waals surface area (Å²) < 4.78 is 0.804. The van der Waals surface area contributed by atoms with Gasteiger partial charge in [-0.15, -0.1) is 0 Å². The highest BCUT2D eigenvalue weighted by atomic mass is 79.9. The van der Waals surface area contributed by atoms with Gasteiger partial charge in [0, 0.05) is 22.3 Å². The molecule has 3 nitrogen and oxygen atoms in total. The molecule has 0 spiro atoms. The van der Waals surface area contributed by atoms with Crippen LogP contribution < -0.4 is 11.1 Å². The molecule has 1 aromatic heterocycles. The molecule has 1 heterocycles. The van der Waals surface area contributed by atoms with Crippen molar-refractivity contribution in [2.24, 2.45) is 0 Å². The van der Waals surface area contributed by atoms with Gasteiger partial charge in [0.25, 0.3) is 5.91 Å². The van der Waals surface area contributed by atoms with E-state index in [1.54, 1.807) is 29.5 Å². The van der Waals surface area contributed by atoms with Gasteiger partial charge in [-0.1, -0.05) is 15.9 Å². The number of nitrogen functional groups attached to an aromatic ring is 1. The zero-order chi connectivity index (χ0) is 12.3. The maximum Gasteiger partial charge on any atom is 0.251 e. The Kier molecular flexibility index (Phi) is 3.81. The zero-order valence-electron chi connectivity index (χ0n) is 8.94. The molecule has 0 atom stereocenters. The van der Waals surface area contributed by atoms with Gasteiger partial charge >= 0.3 is 0 Å². The van der Waals surface area contributed by atoms with Gasteiger partial charge in [-0.2, -0.15) is 11.3 Å². The summed E-state index contributed by atoms with van der Waals surface area (Å²) >= 11 is 4.93. The smallest absolute Gasteiger partial charge is 0.251 e. The molecule has 0 radical (unpaired) electrons. The number of benzene rings is 1. The first-order valence-corrected chi connectivity index (χ1v) is 6.74. The third-order valence-electron chi connectivity index (χ3n) is 2.22. The van der Waals surface area contributed by atoms with Crippen LogP contribution in [0.1, 0.15) is 15.9 Å². The summed E-state index contributed by atoms with van der Waals surface area (Å²) in [6.07, 6.45) is 0. The fourth-order valence-corrected chi connectivity index (χ4v) is 2.60.